The Morgan fingerprint density at radius 2 is 2.21 bits per heavy atom. The summed E-state index contributed by atoms with van der Waals surface area (Å²) < 4.78 is 0. The lowest BCUT2D eigenvalue weighted by Gasteiger charge is -2.26. The van der Waals surface area contributed by atoms with E-state index in [4.69, 9.17) is 0 Å². The first-order chi connectivity index (χ1) is 6.59. The van der Waals surface area contributed by atoms with E-state index >= 15 is 0 Å². The Morgan fingerprint density at radius 3 is 2.64 bits per heavy atom. The van der Waals surface area contributed by atoms with E-state index in [1.54, 1.807) is 6.20 Å². The summed E-state index contributed by atoms with van der Waals surface area (Å²) in [4.78, 5) is 2.21. The van der Waals surface area contributed by atoms with Gasteiger partial charge in [0.25, 0.3) is 0 Å². The highest BCUT2D eigenvalue weighted by molar-refractivity contribution is 4.97. The minimum atomic E-state index is -0.291. The molecule has 0 aromatic carbocycles. The number of aliphatic hydroxyl groups excluding tert-OH is 1. The molecule has 0 aliphatic carbocycles. The molecule has 0 aliphatic rings. The second-order valence-corrected chi connectivity index (χ2v) is 3.95. The summed E-state index contributed by atoms with van der Waals surface area (Å²) >= 11 is 0. The average molecular weight is 197 g/mol. The van der Waals surface area contributed by atoms with Crippen molar-refractivity contribution in [2.45, 2.75) is 39.5 Å². The molecule has 0 radical (unpaired) electrons. The minimum Gasteiger partial charge on any atom is -0.392 e. The number of H-pyrrole nitrogens is 1. The Kier molecular flexibility index (Phi) is 4.10. The van der Waals surface area contributed by atoms with E-state index in [0.29, 0.717) is 12.6 Å². The molecule has 0 bridgehead atoms. The monoisotopic (exact) mass is 197 g/mol. The van der Waals surface area contributed by atoms with E-state index in [1.165, 1.54) is 0 Å². The van der Waals surface area contributed by atoms with Crippen molar-refractivity contribution >= 4 is 0 Å². The van der Waals surface area contributed by atoms with Gasteiger partial charge in [0.2, 0.25) is 0 Å². The van der Waals surface area contributed by atoms with Gasteiger partial charge in [-0.25, -0.2) is 0 Å². The molecule has 1 heterocycles. The first kappa shape index (κ1) is 11.2. The molecule has 0 fully saturated rings. The predicted molar refractivity (Wildman–Crippen MR) is 55.8 cm³/mol. The van der Waals surface area contributed by atoms with Crippen molar-refractivity contribution in [1.29, 1.82) is 0 Å². The van der Waals surface area contributed by atoms with E-state index in [9.17, 15) is 5.11 Å². The van der Waals surface area contributed by atoms with Gasteiger partial charge in [-0.05, 0) is 26.8 Å². The van der Waals surface area contributed by atoms with Crippen LogP contribution in [0.1, 0.15) is 26.5 Å². The first-order valence-corrected chi connectivity index (χ1v) is 5.00. The van der Waals surface area contributed by atoms with Crippen LogP contribution in [0.5, 0.6) is 0 Å². The Hall–Kier alpha value is -0.870. The zero-order valence-electron chi connectivity index (χ0n) is 9.07. The number of rotatable bonds is 5. The van der Waals surface area contributed by atoms with Crippen molar-refractivity contribution in [3.8, 4) is 0 Å². The number of aromatic nitrogens is 2. The van der Waals surface area contributed by atoms with E-state index in [2.05, 4.69) is 28.9 Å². The lowest BCUT2D eigenvalue weighted by Crippen LogP contribution is -2.36. The van der Waals surface area contributed by atoms with Crippen LogP contribution in [0.4, 0.5) is 0 Å². The van der Waals surface area contributed by atoms with Gasteiger partial charge in [0, 0.05) is 31.0 Å². The maximum absolute atomic E-state index is 9.33. The van der Waals surface area contributed by atoms with Crippen molar-refractivity contribution in [1.82, 2.24) is 15.1 Å². The molecule has 14 heavy (non-hydrogen) atoms. The van der Waals surface area contributed by atoms with Gasteiger partial charge < -0.3 is 5.11 Å². The van der Waals surface area contributed by atoms with Crippen LogP contribution in [0.2, 0.25) is 0 Å². The highest BCUT2D eigenvalue weighted by atomic mass is 16.3. The average Bonchev–Trinajstić information content (AvgIpc) is 2.54. The number of nitrogens with one attached hydrogen (secondary N) is 1. The molecule has 4 nitrogen and oxygen atoms in total. The van der Waals surface area contributed by atoms with Crippen LogP contribution in [-0.2, 0) is 6.54 Å². The highest BCUT2D eigenvalue weighted by Gasteiger charge is 2.12. The van der Waals surface area contributed by atoms with Gasteiger partial charge in [0.05, 0.1) is 6.10 Å². The summed E-state index contributed by atoms with van der Waals surface area (Å²) in [5.74, 6) is 0. The van der Waals surface area contributed by atoms with Crippen LogP contribution < -0.4 is 0 Å². The third-order valence-electron chi connectivity index (χ3n) is 2.16. The third kappa shape index (κ3) is 3.47. The molecule has 80 valence electrons. The largest absolute Gasteiger partial charge is 0.392 e. The summed E-state index contributed by atoms with van der Waals surface area (Å²) in [6, 6.07) is 2.38. The van der Waals surface area contributed by atoms with E-state index < -0.39 is 0 Å². The molecule has 1 atom stereocenters. The maximum Gasteiger partial charge on any atom is 0.0639 e. The Bertz CT molecular complexity index is 244. The zero-order chi connectivity index (χ0) is 10.6. The van der Waals surface area contributed by atoms with Crippen LogP contribution in [0.3, 0.4) is 0 Å². The molecule has 0 saturated heterocycles. The normalized spacial score (nSPS) is 13.9. The molecule has 1 unspecified atom stereocenters. The summed E-state index contributed by atoms with van der Waals surface area (Å²) in [6.07, 6.45) is 1.45. The van der Waals surface area contributed by atoms with Crippen LogP contribution >= 0.6 is 0 Å². The molecule has 0 amide bonds. The molecule has 2 N–H and O–H groups in total. The topological polar surface area (TPSA) is 52.1 Å². The number of aromatic amines is 1. The maximum atomic E-state index is 9.33. The van der Waals surface area contributed by atoms with Crippen molar-refractivity contribution in [2.75, 3.05) is 6.54 Å². The summed E-state index contributed by atoms with van der Waals surface area (Å²) in [5, 5.41) is 16.2. The molecular formula is C10H19N3O. The number of aliphatic hydroxyl groups is 1. The van der Waals surface area contributed by atoms with Crippen LogP contribution in [-0.4, -0.2) is 38.9 Å². The Labute approximate surface area is 84.9 Å². The lowest BCUT2D eigenvalue weighted by atomic mass is 10.2. The summed E-state index contributed by atoms with van der Waals surface area (Å²) in [7, 11) is 0. The van der Waals surface area contributed by atoms with Crippen LogP contribution in [0, 0.1) is 0 Å². The Balaban J connectivity index is 2.51. The fraction of sp³-hybridized carbons (Fsp3) is 0.700. The second kappa shape index (κ2) is 5.12. The molecule has 0 saturated carbocycles. The summed E-state index contributed by atoms with van der Waals surface area (Å²) in [6.45, 7) is 7.55. The number of hydrogen-bond acceptors (Lipinski definition) is 3. The molecular weight excluding hydrogens is 178 g/mol. The van der Waals surface area contributed by atoms with Gasteiger partial charge in [-0.2, -0.15) is 5.10 Å². The van der Waals surface area contributed by atoms with Crippen LogP contribution in [0.25, 0.3) is 0 Å². The van der Waals surface area contributed by atoms with Gasteiger partial charge >= 0.3 is 0 Å². The molecule has 1 aromatic heterocycles. The summed E-state index contributed by atoms with van der Waals surface area (Å²) in [5.41, 5.74) is 1.08. The molecule has 0 aliphatic heterocycles. The fourth-order valence-electron chi connectivity index (χ4n) is 1.39. The van der Waals surface area contributed by atoms with Gasteiger partial charge in [-0.3, -0.25) is 10.00 Å². The highest BCUT2D eigenvalue weighted by Crippen LogP contribution is 2.06. The fourth-order valence-corrected chi connectivity index (χ4v) is 1.39. The number of hydrogen-bond donors (Lipinski definition) is 2. The second-order valence-electron chi connectivity index (χ2n) is 3.95. The first-order valence-electron chi connectivity index (χ1n) is 5.00. The number of nitrogens with zero attached hydrogens (tertiary/aromatic N) is 2. The molecule has 1 aromatic rings. The smallest absolute Gasteiger partial charge is 0.0639 e. The van der Waals surface area contributed by atoms with Crippen molar-refractivity contribution < 1.29 is 5.11 Å². The predicted octanol–water partition coefficient (Wildman–Crippen LogP) is 1.00. The zero-order valence-corrected chi connectivity index (χ0v) is 9.07. The SMILES string of the molecule is CC(O)CN(Cc1ccn[nH]1)C(C)C. The van der Waals surface area contributed by atoms with Crippen LogP contribution in [0.15, 0.2) is 12.3 Å². The quantitative estimate of drug-likeness (QED) is 0.740. The lowest BCUT2D eigenvalue weighted by molar-refractivity contribution is 0.102. The van der Waals surface area contributed by atoms with Crippen molar-refractivity contribution in [2.24, 2.45) is 0 Å². The Morgan fingerprint density at radius 1 is 1.50 bits per heavy atom. The van der Waals surface area contributed by atoms with Gasteiger partial charge in [0.1, 0.15) is 0 Å². The molecule has 0 spiro atoms. The van der Waals surface area contributed by atoms with Gasteiger partial charge in [-0.15, -0.1) is 0 Å². The molecule has 4 heteroatoms. The van der Waals surface area contributed by atoms with Crippen molar-refractivity contribution in [3.63, 3.8) is 0 Å². The van der Waals surface area contributed by atoms with E-state index in [0.717, 1.165) is 12.2 Å². The van der Waals surface area contributed by atoms with Crippen molar-refractivity contribution in [3.05, 3.63) is 18.0 Å². The van der Waals surface area contributed by atoms with E-state index in [1.807, 2.05) is 13.0 Å². The van der Waals surface area contributed by atoms with Gasteiger partial charge in [-0.1, -0.05) is 0 Å². The van der Waals surface area contributed by atoms with Gasteiger partial charge in [0.15, 0.2) is 0 Å². The standard InChI is InChI=1S/C10H19N3O/c1-8(2)13(6-9(3)14)7-10-4-5-11-12-10/h4-5,8-9,14H,6-7H2,1-3H3,(H,11,12). The molecule has 1 rings (SSSR count). The minimum absolute atomic E-state index is 0.291. The van der Waals surface area contributed by atoms with E-state index in [-0.39, 0.29) is 6.10 Å². The third-order valence-corrected chi connectivity index (χ3v) is 2.16.